The molecule has 2 heterocycles. The molecule has 3 unspecified atom stereocenters. The molecule has 116 valence electrons. The largest absolute Gasteiger partial charge is 0.369 e. The molecule has 0 aliphatic carbocycles. The summed E-state index contributed by atoms with van der Waals surface area (Å²) in [6.45, 7) is 9.77. The summed E-state index contributed by atoms with van der Waals surface area (Å²) in [5.41, 5.74) is 0. The van der Waals surface area contributed by atoms with Gasteiger partial charge in [-0.15, -0.1) is 6.58 Å². The minimum absolute atomic E-state index is 0.135. The van der Waals surface area contributed by atoms with Gasteiger partial charge in [0.2, 0.25) is 0 Å². The number of rotatable bonds is 5. The molecule has 2 amide bonds. The van der Waals surface area contributed by atoms with E-state index in [1.165, 1.54) is 6.08 Å². The van der Waals surface area contributed by atoms with E-state index in [2.05, 4.69) is 25.6 Å². The minimum atomic E-state index is -1.38. The normalized spacial score (nSPS) is 24.0. The number of anilines is 1. The lowest BCUT2D eigenvalue weighted by Gasteiger charge is -2.16. The van der Waals surface area contributed by atoms with Crippen LogP contribution in [0.1, 0.15) is 32.4 Å². The molecule has 3 atom stereocenters. The molecule has 1 aromatic rings. The van der Waals surface area contributed by atoms with Gasteiger partial charge in [0.15, 0.2) is 18.3 Å². The average Bonchev–Trinajstić information content (AvgIpc) is 2.98. The Kier molecular flexibility index (Phi) is 4.34. The Morgan fingerprint density at radius 3 is 2.67 bits per heavy atom. The molecule has 0 bridgehead atoms. The van der Waals surface area contributed by atoms with Crippen LogP contribution in [0.3, 0.4) is 0 Å². The van der Waals surface area contributed by atoms with Crippen molar-refractivity contribution in [3.05, 3.63) is 24.5 Å². The lowest BCUT2D eigenvalue weighted by molar-refractivity contribution is -0.0236. The highest BCUT2D eigenvalue weighted by Crippen LogP contribution is 2.31. The lowest BCUT2D eigenvalue weighted by atomic mass is 9.96. The second-order valence-electron chi connectivity index (χ2n) is 5.54. The van der Waals surface area contributed by atoms with Crippen LogP contribution in [-0.4, -0.2) is 45.3 Å². The maximum Gasteiger partial charge on any atom is 0.330 e. The van der Waals surface area contributed by atoms with Crippen LogP contribution in [0.4, 0.5) is 10.6 Å². The second kappa shape index (κ2) is 5.87. The molecule has 2 N–H and O–H groups in total. The van der Waals surface area contributed by atoms with Crippen LogP contribution in [0.15, 0.2) is 23.2 Å². The third kappa shape index (κ3) is 2.66. The van der Waals surface area contributed by atoms with Gasteiger partial charge < -0.3 is 14.7 Å². The first-order chi connectivity index (χ1) is 9.88. The summed E-state index contributed by atoms with van der Waals surface area (Å²) in [4.78, 5) is 14.4. The second-order valence-corrected chi connectivity index (χ2v) is 5.54. The Hall–Kier alpha value is -1.86. The molecule has 0 spiro atoms. The maximum absolute atomic E-state index is 12.2. The summed E-state index contributed by atoms with van der Waals surface area (Å²) in [6.07, 6.45) is -1.23. The predicted molar refractivity (Wildman–Crippen MR) is 76.5 cm³/mol. The van der Waals surface area contributed by atoms with Crippen molar-refractivity contribution in [3.8, 4) is 0 Å². The van der Waals surface area contributed by atoms with Gasteiger partial charge in [-0.2, -0.15) is 0 Å². The summed E-state index contributed by atoms with van der Waals surface area (Å²) >= 11 is 0. The average molecular weight is 295 g/mol. The Morgan fingerprint density at radius 2 is 2.10 bits per heavy atom. The van der Waals surface area contributed by atoms with Gasteiger partial charge in [0.25, 0.3) is 0 Å². The number of carbonyl (C=O) groups is 1. The molecule has 0 aromatic carbocycles. The Balaban J connectivity index is 2.26. The number of aromatic nitrogens is 1. The van der Waals surface area contributed by atoms with E-state index in [1.54, 1.807) is 6.07 Å². The molecule has 21 heavy (non-hydrogen) atoms. The van der Waals surface area contributed by atoms with Gasteiger partial charge in [-0.25, -0.2) is 9.69 Å². The molecule has 1 aliphatic heterocycles. The van der Waals surface area contributed by atoms with Crippen LogP contribution in [0.2, 0.25) is 0 Å². The zero-order valence-corrected chi connectivity index (χ0v) is 12.4. The van der Waals surface area contributed by atoms with Gasteiger partial charge in [0, 0.05) is 18.5 Å². The first kappa shape index (κ1) is 15.5. The number of urea groups is 1. The molecular formula is C14H21N3O4. The van der Waals surface area contributed by atoms with Crippen molar-refractivity contribution in [2.45, 2.75) is 39.1 Å². The number of aliphatic hydroxyl groups excluding tert-OH is 2. The number of hydrogen-bond donors (Lipinski definition) is 2. The topological polar surface area (TPSA) is 90.0 Å². The van der Waals surface area contributed by atoms with E-state index in [4.69, 9.17) is 4.52 Å². The van der Waals surface area contributed by atoms with Crippen molar-refractivity contribution in [2.75, 3.05) is 11.4 Å². The zero-order chi connectivity index (χ0) is 15.7. The fourth-order valence-corrected chi connectivity index (χ4v) is 2.15. The van der Waals surface area contributed by atoms with Gasteiger partial charge in [-0.3, -0.25) is 4.90 Å². The third-order valence-electron chi connectivity index (χ3n) is 3.84. The van der Waals surface area contributed by atoms with Crippen molar-refractivity contribution in [1.82, 2.24) is 10.1 Å². The number of hydrogen-bond acceptors (Lipinski definition) is 5. The van der Waals surface area contributed by atoms with Crippen LogP contribution in [0.5, 0.6) is 0 Å². The van der Waals surface area contributed by atoms with E-state index in [-0.39, 0.29) is 18.3 Å². The van der Waals surface area contributed by atoms with Crippen LogP contribution in [0, 0.1) is 5.92 Å². The highest BCUT2D eigenvalue weighted by atomic mass is 16.5. The van der Waals surface area contributed by atoms with Crippen LogP contribution in [-0.2, 0) is 0 Å². The predicted octanol–water partition coefficient (Wildman–Crippen LogP) is 1.50. The molecule has 7 nitrogen and oxygen atoms in total. The summed E-state index contributed by atoms with van der Waals surface area (Å²) in [7, 11) is 0. The van der Waals surface area contributed by atoms with Gasteiger partial charge in [-0.1, -0.05) is 32.0 Å². The van der Waals surface area contributed by atoms with Crippen LogP contribution in [0.25, 0.3) is 0 Å². The monoisotopic (exact) mass is 295 g/mol. The number of aliphatic hydroxyl groups is 2. The Morgan fingerprint density at radius 1 is 1.43 bits per heavy atom. The standard InChI is InChI=1S/C14H21N3O4/c1-5-6-16-12(18)13(19)17(14(16)20)11-7-10(21-15-11)9(4)8(2)3/h5,7-9,12-13,18-19H,1,6H2,2-4H3. The quantitative estimate of drug-likeness (QED) is 0.803. The Labute approximate surface area is 123 Å². The molecule has 1 aliphatic rings. The third-order valence-corrected chi connectivity index (χ3v) is 3.84. The SMILES string of the molecule is C=CCN1C(=O)N(c2cc(C(C)C(C)C)on2)C(O)C1O. The van der Waals surface area contributed by atoms with E-state index < -0.39 is 18.5 Å². The Bertz CT molecular complexity index is 528. The fourth-order valence-electron chi connectivity index (χ4n) is 2.15. The van der Waals surface area contributed by atoms with Gasteiger partial charge in [0.05, 0.1) is 0 Å². The van der Waals surface area contributed by atoms with E-state index in [0.717, 1.165) is 9.80 Å². The van der Waals surface area contributed by atoms with Gasteiger partial charge >= 0.3 is 6.03 Å². The smallest absolute Gasteiger partial charge is 0.330 e. The minimum Gasteiger partial charge on any atom is -0.369 e. The molecular weight excluding hydrogens is 274 g/mol. The van der Waals surface area contributed by atoms with Crippen molar-refractivity contribution < 1.29 is 19.5 Å². The molecule has 7 heteroatoms. The van der Waals surface area contributed by atoms with Crippen LogP contribution >= 0.6 is 0 Å². The molecule has 0 saturated carbocycles. The molecule has 1 aromatic heterocycles. The van der Waals surface area contributed by atoms with Crippen molar-refractivity contribution in [3.63, 3.8) is 0 Å². The summed E-state index contributed by atoms with van der Waals surface area (Å²) < 4.78 is 5.25. The number of carbonyl (C=O) groups excluding carboxylic acids is 1. The molecule has 0 radical (unpaired) electrons. The van der Waals surface area contributed by atoms with Crippen molar-refractivity contribution >= 4 is 11.8 Å². The zero-order valence-electron chi connectivity index (χ0n) is 12.4. The maximum atomic E-state index is 12.2. The summed E-state index contributed by atoms with van der Waals surface area (Å²) in [6, 6.07) is 1.09. The summed E-state index contributed by atoms with van der Waals surface area (Å²) in [5, 5.41) is 23.8. The number of nitrogens with zero attached hydrogens (tertiary/aromatic N) is 3. The summed E-state index contributed by atoms with van der Waals surface area (Å²) in [5.74, 6) is 1.32. The van der Waals surface area contributed by atoms with E-state index in [1.807, 2.05) is 6.92 Å². The van der Waals surface area contributed by atoms with Crippen molar-refractivity contribution in [1.29, 1.82) is 0 Å². The highest BCUT2D eigenvalue weighted by molar-refractivity contribution is 5.94. The number of amides is 2. The van der Waals surface area contributed by atoms with Crippen molar-refractivity contribution in [2.24, 2.45) is 5.92 Å². The molecule has 2 rings (SSSR count). The fraction of sp³-hybridized carbons (Fsp3) is 0.571. The van der Waals surface area contributed by atoms with E-state index in [0.29, 0.717) is 11.7 Å². The lowest BCUT2D eigenvalue weighted by Crippen LogP contribution is -2.37. The molecule has 1 fully saturated rings. The van der Waals surface area contributed by atoms with E-state index >= 15 is 0 Å². The first-order valence-electron chi connectivity index (χ1n) is 6.92. The van der Waals surface area contributed by atoms with E-state index in [9.17, 15) is 15.0 Å². The van der Waals surface area contributed by atoms with Crippen LogP contribution < -0.4 is 4.90 Å². The van der Waals surface area contributed by atoms with Gasteiger partial charge in [0.1, 0.15) is 5.76 Å². The first-order valence-corrected chi connectivity index (χ1v) is 6.92. The van der Waals surface area contributed by atoms with Gasteiger partial charge in [-0.05, 0) is 5.92 Å². The molecule has 1 saturated heterocycles. The highest BCUT2D eigenvalue weighted by Gasteiger charge is 2.45.